The van der Waals surface area contributed by atoms with Crippen LogP contribution in [0.15, 0.2) is 48.5 Å². The van der Waals surface area contributed by atoms with Crippen molar-refractivity contribution in [3.63, 3.8) is 0 Å². The number of aryl methyl sites for hydroxylation is 1. The van der Waals surface area contributed by atoms with E-state index in [0.717, 1.165) is 17.9 Å². The van der Waals surface area contributed by atoms with Crippen LogP contribution in [0.25, 0.3) is 5.69 Å². The zero-order valence-electron chi connectivity index (χ0n) is 14.2. The third-order valence-electron chi connectivity index (χ3n) is 4.18. The lowest BCUT2D eigenvalue weighted by molar-refractivity contribution is 0.219. The number of benzene rings is 2. The molecule has 0 bridgehead atoms. The molecule has 0 fully saturated rings. The van der Waals surface area contributed by atoms with E-state index in [1.54, 1.807) is 4.68 Å². The second kappa shape index (κ2) is 6.83. The molecule has 0 saturated carbocycles. The Balaban J connectivity index is 1.34. The van der Waals surface area contributed by atoms with Crippen molar-refractivity contribution in [2.45, 2.75) is 19.4 Å². The number of amides is 2. The Morgan fingerprint density at radius 2 is 2.15 bits per heavy atom. The van der Waals surface area contributed by atoms with Crippen molar-refractivity contribution in [3.05, 3.63) is 59.9 Å². The van der Waals surface area contributed by atoms with Crippen molar-refractivity contribution >= 4 is 11.7 Å². The average Bonchev–Trinajstić information content (AvgIpc) is 3.25. The van der Waals surface area contributed by atoms with Gasteiger partial charge in [-0.25, -0.2) is 4.79 Å². The Labute approximate surface area is 150 Å². The summed E-state index contributed by atoms with van der Waals surface area (Å²) in [5, 5.41) is 17.1. The Hall–Kier alpha value is -3.42. The number of aromatic nitrogens is 4. The van der Waals surface area contributed by atoms with Crippen LogP contribution in [0, 0.1) is 6.92 Å². The molecule has 2 N–H and O–H groups in total. The molecule has 1 aromatic heterocycles. The topological polar surface area (TPSA) is 94.0 Å². The highest BCUT2D eigenvalue weighted by molar-refractivity contribution is 5.89. The molecular weight excluding hydrogens is 332 g/mol. The summed E-state index contributed by atoms with van der Waals surface area (Å²) in [5.41, 5.74) is 2.61. The standard InChI is InChI=1S/C18H18N6O2/c1-12-21-22-23-24(12)15-7-4-6-14(10-15)20-18(25)19-11-16-9-13-5-2-3-8-17(13)26-16/h2-8,10,16H,9,11H2,1H3,(H2,19,20,25)/t16-/m1/s1. The minimum absolute atomic E-state index is 0.0478. The van der Waals surface area contributed by atoms with Gasteiger partial charge in [0.25, 0.3) is 0 Å². The number of nitrogens with one attached hydrogen (secondary N) is 2. The molecule has 0 radical (unpaired) electrons. The summed E-state index contributed by atoms with van der Waals surface area (Å²) in [4.78, 5) is 12.2. The average molecular weight is 350 g/mol. The zero-order chi connectivity index (χ0) is 17.9. The van der Waals surface area contributed by atoms with E-state index in [4.69, 9.17) is 4.74 Å². The number of hydrogen-bond donors (Lipinski definition) is 2. The maximum absolute atomic E-state index is 12.2. The van der Waals surface area contributed by atoms with Gasteiger partial charge in [-0.3, -0.25) is 0 Å². The van der Waals surface area contributed by atoms with E-state index < -0.39 is 0 Å². The van der Waals surface area contributed by atoms with Crippen molar-refractivity contribution in [2.24, 2.45) is 0 Å². The first kappa shape index (κ1) is 16.1. The molecule has 3 aromatic rings. The molecule has 4 rings (SSSR count). The monoisotopic (exact) mass is 350 g/mol. The number of anilines is 1. The van der Waals surface area contributed by atoms with Gasteiger partial charge in [-0.15, -0.1) is 5.10 Å². The van der Waals surface area contributed by atoms with Gasteiger partial charge in [-0.2, -0.15) is 4.68 Å². The molecule has 1 aliphatic rings. The Kier molecular flexibility index (Phi) is 4.22. The van der Waals surface area contributed by atoms with E-state index in [0.29, 0.717) is 18.1 Å². The lowest BCUT2D eigenvalue weighted by Crippen LogP contribution is -2.37. The van der Waals surface area contributed by atoms with Gasteiger partial charge < -0.3 is 15.4 Å². The molecule has 26 heavy (non-hydrogen) atoms. The molecule has 132 valence electrons. The van der Waals surface area contributed by atoms with Crippen molar-refractivity contribution in [2.75, 3.05) is 11.9 Å². The van der Waals surface area contributed by atoms with Gasteiger partial charge >= 0.3 is 6.03 Å². The lowest BCUT2D eigenvalue weighted by Gasteiger charge is -2.13. The van der Waals surface area contributed by atoms with Crippen LogP contribution in [0.1, 0.15) is 11.4 Å². The highest BCUT2D eigenvalue weighted by atomic mass is 16.5. The molecule has 2 amide bonds. The third-order valence-corrected chi connectivity index (χ3v) is 4.18. The Morgan fingerprint density at radius 1 is 1.27 bits per heavy atom. The molecule has 1 atom stereocenters. The molecule has 0 aliphatic carbocycles. The molecule has 8 heteroatoms. The van der Waals surface area contributed by atoms with Gasteiger partial charge in [-0.05, 0) is 47.2 Å². The van der Waals surface area contributed by atoms with Crippen LogP contribution in [0.2, 0.25) is 0 Å². The first-order valence-electron chi connectivity index (χ1n) is 8.34. The summed E-state index contributed by atoms with van der Waals surface area (Å²) < 4.78 is 7.42. The maximum atomic E-state index is 12.2. The highest BCUT2D eigenvalue weighted by Crippen LogP contribution is 2.27. The predicted octanol–water partition coefficient (Wildman–Crippen LogP) is 2.10. The maximum Gasteiger partial charge on any atom is 0.319 e. The molecule has 2 aromatic carbocycles. The fourth-order valence-corrected chi connectivity index (χ4v) is 2.94. The number of fused-ring (bicyclic) bond motifs is 1. The van der Waals surface area contributed by atoms with Crippen LogP contribution in [-0.2, 0) is 6.42 Å². The fourth-order valence-electron chi connectivity index (χ4n) is 2.94. The largest absolute Gasteiger partial charge is 0.488 e. The summed E-state index contributed by atoms with van der Waals surface area (Å²) in [6, 6.07) is 15.0. The van der Waals surface area contributed by atoms with E-state index in [1.807, 2.05) is 55.5 Å². The first-order chi connectivity index (χ1) is 12.7. The van der Waals surface area contributed by atoms with Crippen molar-refractivity contribution in [1.29, 1.82) is 0 Å². The third kappa shape index (κ3) is 3.34. The van der Waals surface area contributed by atoms with Gasteiger partial charge in [0.2, 0.25) is 0 Å². The summed E-state index contributed by atoms with van der Waals surface area (Å²) >= 11 is 0. The normalized spacial score (nSPS) is 15.2. The van der Waals surface area contributed by atoms with E-state index in [1.165, 1.54) is 5.56 Å². The molecule has 0 unspecified atom stereocenters. The van der Waals surface area contributed by atoms with E-state index in [9.17, 15) is 4.79 Å². The predicted molar refractivity (Wildman–Crippen MR) is 95.5 cm³/mol. The van der Waals surface area contributed by atoms with Gasteiger partial charge in [-0.1, -0.05) is 24.3 Å². The number of carbonyl (C=O) groups excluding carboxylic acids is 1. The number of tetrazole rings is 1. The summed E-state index contributed by atoms with van der Waals surface area (Å²) in [5.74, 6) is 1.56. The van der Waals surface area contributed by atoms with Crippen LogP contribution in [-0.4, -0.2) is 38.9 Å². The van der Waals surface area contributed by atoms with Crippen molar-refractivity contribution in [3.8, 4) is 11.4 Å². The highest BCUT2D eigenvalue weighted by Gasteiger charge is 2.22. The smallest absolute Gasteiger partial charge is 0.319 e. The molecule has 8 nitrogen and oxygen atoms in total. The van der Waals surface area contributed by atoms with E-state index in [2.05, 4.69) is 26.2 Å². The quantitative estimate of drug-likeness (QED) is 0.751. The number of rotatable bonds is 4. The van der Waals surface area contributed by atoms with Crippen LogP contribution in [0.4, 0.5) is 10.5 Å². The second-order valence-corrected chi connectivity index (χ2v) is 6.07. The Bertz CT molecular complexity index is 914. The van der Waals surface area contributed by atoms with Crippen LogP contribution in [0.5, 0.6) is 5.75 Å². The zero-order valence-corrected chi connectivity index (χ0v) is 14.2. The molecule has 0 spiro atoms. The molecule has 0 saturated heterocycles. The fraction of sp³-hybridized carbons (Fsp3) is 0.222. The summed E-state index contributed by atoms with van der Waals surface area (Å²) in [6.45, 7) is 2.25. The summed E-state index contributed by atoms with van der Waals surface area (Å²) in [6.07, 6.45) is 0.748. The summed E-state index contributed by atoms with van der Waals surface area (Å²) in [7, 11) is 0. The van der Waals surface area contributed by atoms with Gasteiger partial charge in [0.15, 0.2) is 5.82 Å². The van der Waals surface area contributed by atoms with Crippen LogP contribution < -0.4 is 15.4 Å². The number of nitrogens with zero attached hydrogens (tertiary/aromatic N) is 4. The molecule has 1 aliphatic heterocycles. The van der Waals surface area contributed by atoms with E-state index in [-0.39, 0.29) is 12.1 Å². The van der Waals surface area contributed by atoms with Gasteiger partial charge in [0.1, 0.15) is 11.9 Å². The van der Waals surface area contributed by atoms with Gasteiger partial charge in [0, 0.05) is 12.1 Å². The van der Waals surface area contributed by atoms with Crippen LogP contribution >= 0.6 is 0 Å². The minimum atomic E-state index is -0.282. The SMILES string of the molecule is Cc1nnnn1-c1cccc(NC(=O)NC[C@H]2Cc3ccccc3O2)c1. The van der Waals surface area contributed by atoms with Gasteiger partial charge in [0.05, 0.1) is 12.2 Å². The number of carbonyl (C=O) groups is 1. The minimum Gasteiger partial charge on any atom is -0.488 e. The van der Waals surface area contributed by atoms with E-state index >= 15 is 0 Å². The number of para-hydroxylation sites is 1. The second-order valence-electron chi connectivity index (χ2n) is 6.07. The molecule has 2 heterocycles. The van der Waals surface area contributed by atoms with Crippen molar-refractivity contribution < 1.29 is 9.53 Å². The number of urea groups is 1. The van der Waals surface area contributed by atoms with Crippen LogP contribution in [0.3, 0.4) is 0 Å². The molecular formula is C18H18N6O2. The van der Waals surface area contributed by atoms with Crippen molar-refractivity contribution in [1.82, 2.24) is 25.5 Å². The first-order valence-corrected chi connectivity index (χ1v) is 8.34. The number of ether oxygens (including phenoxy) is 1. The Morgan fingerprint density at radius 3 is 2.96 bits per heavy atom. The lowest BCUT2D eigenvalue weighted by atomic mass is 10.1. The number of hydrogen-bond acceptors (Lipinski definition) is 5.